The van der Waals surface area contributed by atoms with Gasteiger partial charge in [-0.3, -0.25) is 0 Å². The van der Waals surface area contributed by atoms with Gasteiger partial charge in [0, 0.05) is 30.2 Å². The van der Waals surface area contributed by atoms with Gasteiger partial charge < -0.3 is 38.1 Å². The molecule has 12 nitrogen and oxygen atoms in total. The molecule has 16 heteroatoms. The highest BCUT2D eigenvalue weighted by atomic mass is 35.5. The molecule has 0 aliphatic carbocycles. The Balaban J connectivity index is 0.000000281. The van der Waals surface area contributed by atoms with Crippen molar-refractivity contribution in [2.24, 2.45) is 4.36 Å². The van der Waals surface area contributed by atoms with E-state index in [1.54, 1.807) is 12.1 Å². The fourth-order valence-electron chi connectivity index (χ4n) is 3.79. The molecule has 0 saturated heterocycles. The van der Waals surface area contributed by atoms with E-state index in [9.17, 15) is 0 Å². The summed E-state index contributed by atoms with van der Waals surface area (Å²) >= 11 is 18.4. The normalized spacial score (nSPS) is 10.4. The summed E-state index contributed by atoms with van der Waals surface area (Å²) < 4.78 is 15.4. The summed E-state index contributed by atoms with van der Waals surface area (Å²) in [6.07, 6.45) is 2.91. The van der Waals surface area contributed by atoms with Crippen LogP contribution in [0.25, 0.3) is 0 Å². The standard InChI is InChI=1S/C14H17N5OS.C14H19N5O.CCl2S/c1-7(2)9-4-8(3)10(19-21)5-11(9)20-12-6-17-14(16)18-13(12)15;1-7(2)9-4-8(3)10(15)5-11(9)20-12-6-18-14(17)19-13(12)16;2-1(3)4/h4-7H,1-3H3,(H4,15,16,17,18);4-7H,15H2,1-3H3,(H4,16,17,18,19);. The minimum atomic E-state index is -0.0556. The average molecular weight is 692 g/mol. The first kappa shape index (κ1) is 37.1. The number of nitrogens with zero attached hydrogens (tertiary/aromatic N) is 5. The van der Waals surface area contributed by atoms with Crippen LogP contribution < -0.4 is 38.1 Å². The molecule has 45 heavy (non-hydrogen) atoms. The molecular formula is C29H36Cl2N10O2S2. The first-order valence-corrected chi connectivity index (χ1v) is 14.9. The Kier molecular flexibility index (Phi) is 13.9. The largest absolute Gasteiger partial charge is 0.451 e. The first-order chi connectivity index (χ1) is 21.0. The highest BCUT2D eigenvalue weighted by Gasteiger charge is 2.15. The van der Waals surface area contributed by atoms with Gasteiger partial charge in [0.2, 0.25) is 11.9 Å². The van der Waals surface area contributed by atoms with Gasteiger partial charge in [-0.1, -0.05) is 69.2 Å². The number of hydrogen-bond acceptors (Lipinski definition) is 14. The lowest BCUT2D eigenvalue weighted by atomic mass is 9.99. The Bertz CT molecular complexity index is 1670. The topological polar surface area (TPSA) is 212 Å². The van der Waals surface area contributed by atoms with Crippen LogP contribution in [-0.2, 0) is 12.4 Å². The van der Waals surface area contributed by atoms with Crippen LogP contribution in [0, 0.1) is 13.8 Å². The Morgan fingerprint density at radius 3 is 1.49 bits per heavy atom. The molecule has 0 atom stereocenters. The van der Waals surface area contributed by atoms with Crippen LogP contribution in [0.4, 0.5) is 34.9 Å². The van der Waals surface area contributed by atoms with E-state index in [2.05, 4.69) is 64.2 Å². The molecule has 4 aromatic rings. The molecule has 0 aliphatic heterocycles. The lowest BCUT2D eigenvalue weighted by molar-refractivity contribution is 0.471. The summed E-state index contributed by atoms with van der Waals surface area (Å²) in [5.41, 5.74) is 33.9. The molecule has 0 amide bonds. The monoisotopic (exact) mass is 690 g/mol. The van der Waals surface area contributed by atoms with Gasteiger partial charge in [0.15, 0.2) is 26.9 Å². The molecule has 240 valence electrons. The average Bonchev–Trinajstić information content (AvgIpc) is 2.94. The zero-order chi connectivity index (χ0) is 34.0. The fraction of sp³-hybridized carbons (Fsp3) is 0.276. The summed E-state index contributed by atoms with van der Waals surface area (Å²) in [4.78, 5) is 15.5. The van der Waals surface area contributed by atoms with Gasteiger partial charge in [0.05, 0.1) is 18.1 Å². The van der Waals surface area contributed by atoms with Crippen LogP contribution >= 0.6 is 35.4 Å². The Hall–Kier alpha value is -4.11. The van der Waals surface area contributed by atoms with E-state index in [1.165, 1.54) is 12.4 Å². The predicted molar refractivity (Wildman–Crippen MR) is 191 cm³/mol. The van der Waals surface area contributed by atoms with Gasteiger partial charge in [0.25, 0.3) is 0 Å². The second-order valence-corrected chi connectivity index (χ2v) is 12.2. The zero-order valence-electron chi connectivity index (χ0n) is 25.6. The lowest BCUT2D eigenvalue weighted by Crippen LogP contribution is -2.03. The second kappa shape index (κ2) is 16.8. The van der Waals surface area contributed by atoms with Crippen molar-refractivity contribution in [2.75, 3.05) is 28.7 Å². The molecule has 0 bridgehead atoms. The molecule has 0 saturated carbocycles. The third-order valence-corrected chi connectivity index (χ3v) is 6.31. The minimum Gasteiger partial charge on any atom is -0.451 e. The van der Waals surface area contributed by atoms with E-state index in [1.807, 2.05) is 26.0 Å². The molecule has 0 radical (unpaired) electrons. The number of thiocarbonyl (C=S) groups is 1. The van der Waals surface area contributed by atoms with Crippen LogP contribution in [0.1, 0.15) is 61.8 Å². The predicted octanol–water partition coefficient (Wildman–Crippen LogP) is 7.42. The Morgan fingerprint density at radius 1 is 0.711 bits per heavy atom. The molecule has 2 heterocycles. The molecule has 0 aliphatic rings. The molecule has 0 fully saturated rings. The molecule has 0 spiro atoms. The minimum absolute atomic E-state index is 0.0556. The highest BCUT2D eigenvalue weighted by molar-refractivity contribution is 7.86. The lowest BCUT2D eigenvalue weighted by Gasteiger charge is -2.16. The summed E-state index contributed by atoms with van der Waals surface area (Å²) in [6.45, 7) is 12.2. The number of benzene rings is 2. The van der Waals surface area contributed by atoms with Crippen molar-refractivity contribution in [3.8, 4) is 23.0 Å². The maximum absolute atomic E-state index is 5.94. The van der Waals surface area contributed by atoms with Gasteiger partial charge >= 0.3 is 0 Å². The third-order valence-electron chi connectivity index (χ3n) is 6.11. The van der Waals surface area contributed by atoms with Crippen molar-refractivity contribution >= 4 is 86.5 Å². The Labute approximate surface area is 283 Å². The Morgan fingerprint density at radius 2 is 1.11 bits per heavy atom. The number of ether oxygens (including phenoxy) is 2. The SMILES string of the molecule is Cc1cc(C(C)C)c(Oc2cnc(N)nc2N)cc1N.Cc1cc(C(C)C)c(Oc2cnc(N)nc2N)cc1N=S.S=C(Cl)Cl. The summed E-state index contributed by atoms with van der Waals surface area (Å²) in [5.74, 6) is 3.18. The van der Waals surface area contributed by atoms with Crippen LogP contribution in [0.15, 0.2) is 41.0 Å². The van der Waals surface area contributed by atoms with E-state index in [-0.39, 0.29) is 33.2 Å². The second-order valence-electron chi connectivity index (χ2n) is 10.2. The number of nitrogen functional groups attached to an aromatic ring is 5. The van der Waals surface area contributed by atoms with Crippen LogP contribution in [0.5, 0.6) is 23.0 Å². The van der Waals surface area contributed by atoms with Gasteiger partial charge in [-0.05, 0) is 54.0 Å². The van der Waals surface area contributed by atoms with E-state index in [0.717, 1.165) is 22.3 Å². The molecule has 10 N–H and O–H groups in total. The fourth-order valence-corrected chi connectivity index (χ4v) is 3.99. The molecular weight excluding hydrogens is 655 g/mol. The van der Waals surface area contributed by atoms with Crippen LogP contribution in [0.2, 0.25) is 0 Å². The van der Waals surface area contributed by atoms with Gasteiger partial charge in [0.1, 0.15) is 11.5 Å². The van der Waals surface area contributed by atoms with E-state index in [0.29, 0.717) is 40.3 Å². The number of halogens is 2. The van der Waals surface area contributed by atoms with E-state index < -0.39 is 0 Å². The first-order valence-electron chi connectivity index (χ1n) is 13.4. The number of hydrogen-bond donors (Lipinski definition) is 5. The summed E-state index contributed by atoms with van der Waals surface area (Å²) in [5, 5.41) is 0. The zero-order valence-corrected chi connectivity index (χ0v) is 28.8. The van der Waals surface area contributed by atoms with Crippen molar-refractivity contribution in [3.63, 3.8) is 0 Å². The number of nitrogens with two attached hydrogens (primary N) is 5. The maximum atomic E-state index is 5.94. The van der Waals surface area contributed by atoms with Crippen molar-refractivity contribution < 1.29 is 9.47 Å². The van der Waals surface area contributed by atoms with E-state index >= 15 is 0 Å². The third kappa shape index (κ3) is 11.1. The smallest absolute Gasteiger partial charge is 0.222 e. The van der Waals surface area contributed by atoms with Crippen LogP contribution in [0.3, 0.4) is 0 Å². The summed E-state index contributed by atoms with van der Waals surface area (Å²) in [7, 11) is 0. The van der Waals surface area contributed by atoms with E-state index in [4.69, 9.17) is 73.8 Å². The summed E-state index contributed by atoms with van der Waals surface area (Å²) in [6, 6.07) is 7.62. The van der Waals surface area contributed by atoms with Crippen molar-refractivity contribution in [3.05, 3.63) is 58.9 Å². The number of rotatable bonds is 7. The van der Waals surface area contributed by atoms with Gasteiger partial charge in [-0.25, -0.2) is 9.97 Å². The van der Waals surface area contributed by atoms with Crippen molar-refractivity contribution in [2.45, 2.75) is 53.4 Å². The molecule has 2 aromatic carbocycles. The number of aromatic nitrogens is 4. The molecule has 2 aromatic heterocycles. The maximum Gasteiger partial charge on any atom is 0.222 e. The van der Waals surface area contributed by atoms with Gasteiger partial charge in [-0.15, -0.1) is 0 Å². The van der Waals surface area contributed by atoms with Crippen molar-refractivity contribution in [1.29, 1.82) is 0 Å². The molecule has 0 unspecified atom stereocenters. The highest BCUT2D eigenvalue weighted by Crippen LogP contribution is 2.38. The van der Waals surface area contributed by atoms with Crippen molar-refractivity contribution in [1.82, 2.24) is 19.9 Å². The number of anilines is 5. The molecule has 4 rings (SSSR count). The van der Waals surface area contributed by atoms with Crippen LogP contribution in [-0.4, -0.2) is 23.7 Å². The quantitative estimate of drug-likeness (QED) is 0.0726. The van der Waals surface area contributed by atoms with Gasteiger partial charge in [-0.2, -0.15) is 14.3 Å². The number of aryl methyl sites for hydroxylation is 2.